The Balaban J connectivity index is 2.12. The topological polar surface area (TPSA) is 63.9 Å². The summed E-state index contributed by atoms with van der Waals surface area (Å²) in [7, 11) is 0. The van der Waals surface area contributed by atoms with Crippen LogP contribution < -0.4 is 10.5 Å². The molecule has 1 aromatic carbocycles. The van der Waals surface area contributed by atoms with Crippen LogP contribution in [0.1, 0.15) is 20.3 Å². The van der Waals surface area contributed by atoms with Crippen LogP contribution in [-0.2, 0) is 0 Å². The van der Waals surface area contributed by atoms with E-state index in [0.29, 0.717) is 18.2 Å². The predicted octanol–water partition coefficient (Wildman–Crippen LogP) is 3.08. The van der Waals surface area contributed by atoms with Crippen molar-refractivity contribution in [3.63, 3.8) is 0 Å². The van der Waals surface area contributed by atoms with Crippen molar-refractivity contribution in [3.8, 4) is 16.9 Å². The van der Waals surface area contributed by atoms with E-state index in [2.05, 4.69) is 24.0 Å². The standard InChI is InChI=1S/C14H19N3O/c1-10(2)5-6-18-14-7-11(3-4-13(14)15)12-8-16-17-9-12/h3-4,7-10H,5-6,15H2,1-2H3,(H,16,17). The minimum absolute atomic E-state index is 0.628. The Hall–Kier alpha value is -1.97. The van der Waals surface area contributed by atoms with Crippen LogP contribution in [0.5, 0.6) is 5.75 Å². The van der Waals surface area contributed by atoms with E-state index in [0.717, 1.165) is 23.3 Å². The zero-order valence-electron chi connectivity index (χ0n) is 10.8. The number of nitrogen functional groups attached to an aromatic ring is 1. The summed E-state index contributed by atoms with van der Waals surface area (Å²) < 4.78 is 5.73. The van der Waals surface area contributed by atoms with Gasteiger partial charge in [0.25, 0.3) is 0 Å². The SMILES string of the molecule is CC(C)CCOc1cc(-c2cn[nH]c2)ccc1N. The van der Waals surface area contributed by atoms with Gasteiger partial charge in [0.15, 0.2) is 0 Å². The summed E-state index contributed by atoms with van der Waals surface area (Å²) in [5.41, 5.74) is 8.67. The average Bonchev–Trinajstić information content (AvgIpc) is 2.84. The zero-order chi connectivity index (χ0) is 13.0. The Morgan fingerprint density at radius 2 is 2.17 bits per heavy atom. The number of anilines is 1. The van der Waals surface area contributed by atoms with Crippen LogP contribution in [0.3, 0.4) is 0 Å². The monoisotopic (exact) mass is 245 g/mol. The molecule has 0 unspecified atom stereocenters. The van der Waals surface area contributed by atoms with Gasteiger partial charge in [-0.15, -0.1) is 0 Å². The highest BCUT2D eigenvalue weighted by atomic mass is 16.5. The molecule has 1 heterocycles. The lowest BCUT2D eigenvalue weighted by molar-refractivity contribution is 0.291. The summed E-state index contributed by atoms with van der Waals surface area (Å²) in [4.78, 5) is 0. The highest BCUT2D eigenvalue weighted by Gasteiger charge is 2.05. The molecule has 96 valence electrons. The maximum absolute atomic E-state index is 5.91. The lowest BCUT2D eigenvalue weighted by Gasteiger charge is -2.11. The van der Waals surface area contributed by atoms with Crippen molar-refractivity contribution in [1.82, 2.24) is 10.2 Å². The van der Waals surface area contributed by atoms with Gasteiger partial charge < -0.3 is 10.5 Å². The number of aromatic amines is 1. The number of nitrogens with two attached hydrogens (primary N) is 1. The second-order valence-corrected chi connectivity index (χ2v) is 4.77. The molecule has 0 amide bonds. The normalized spacial score (nSPS) is 10.8. The van der Waals surface area contributed by atoms with Crippen molar-refractivity contribution in [2.45, 2.75) is 20.3 Å². The van der Waals surface area contributed by atoms with Crippen LogP contribution >= 0.6 is 0 Å². The molecule has 3 N–H and O–H groups in total. The van der Waals surface area contributed by atoms with Gasteiger partial charge in [-0.25, -0.2) is 0 Å². The number of rotatable bonds is 5. The Kier molecular flexibility index (Phi) is 3.87. The number of nitrogens with zero attached hydrogens (tertiary/aromatic N) is 1. The molecule has 4 nitrogen and oxygen atoms in total. The van der Waals surface area contributed by atoms with E-state index in [1.54, 1.807) is 6.20 Å². The third-order valence-electron chi connectivity index (χ3n) is 2.80. The molecule has 2 aromatic rings. The molecular weight excluding hydrogens is 226 g/mol. The first-order valence-electron chi connectivity index (χ1n) is 6.18. The Labute approximate surface area is 107 Å². The van der Waals surface area contributed by atoms with Gasteiger partial charge >= 0.3 is 0 Å². The molecule has 0 radical (unpaired) electrons. The molecule has 0 bridgehead atoms. The summed E-state index contributed by atoms with van der Waals surface area (Å²) in [5.74, 6) is 1.37. The maximum atomic E-state index is 5.91. The van der Waals surface area contributed by atoms with Crippen LogP contribution in [0.15, 0.2) is 30.6 Å². The molecular formula is C14H19N3O. The summed E-state index contributed by atoms with van der Waals surface area (Å²) in [6, 6.07) is 5.79. The number of nitrogens with one attached hydrogen (secondary N) is 1. The molecule has 4 heteroatoms. The van der Waals surface area contributed by atoms with Crippen molar-refractivity contribution in [1.29, 1.82) is 0 Å². The van der Waals surface area contributed by atoms with E-state index in [1.165, 1.54) is 0 Å². The third kappa shape index (κ3) is 3.03. The van der Waals surface area contributed by atoms with Gasteiger partial charge in [-0.1, -0.05) is 19.9 Å². The van der Waals surface area contributed by atoms with Crippen molar-refractivity contribution >= 4 is 5.69 Å². The number of benzene rings is 1. The Bertz CT molecular complexity index is 492. The van der Waals surface area contributed by atoms with Gasteiger partial charge in [0.2, 0.25) is 0 Å². The molecule has 0 saturated heterocycles. The van der Waals surface area contributed by atoms with Crippen molar-refractivity contribution < 1.29 is 4.74 Å². The molecule has 0 spiro atoms. The van der Waals surface area contributed by atoms with Crippen LogP contribution in [0.2, 0.25) is 0 Å². The van der Waals surface area contributed by atoms with E-state index in [1.807, 2.05) is 24.4 Å². The third-order valence-corrected chi connectivity index (χ3v) is 2.80. The highest BCUT2D eigenvalue weighted by molar-refractivity contribution is 5.68. The molecule has 0 atom stereocenters. The van der Waals surface area contributed by atoms with Gasteiger partial charge in [-0.3, -0.25) is 5.10 Å². The van der Waals surface area contributed by atoms with Gasteiger partial charge in [0.05, 0.1) is 18.5 Å². The summed E-state index contributed by atoms with van der Waals surface area (Å²) >= 11 is 0. The van der Waals surface area contributed by atoms with Gasteiger partial charge in [-0.05, 0) is 30.0 Å². The fourth-order valence-electron chi connectivity index (χ4n) is 1.65. The second-order valence-electron chi connectivity index (χ2n) is 4.77. The van der Waals surface area contributed by atoms with E-state index >= 15 is 0 Å². The average molecular weight is 245 g/mol. The molecule has 0 aliphatic carbocycles. The second kappa shape index (κ2) is 5.58. The van der Waals surface area contributed by atoms with Crippen LogP contribution in [-0.4, -0.2) is 16.8 Å². The molecule has 1 aromatic heterocycles. The van der Waals surface area contributed by atoms with E-state index in [9.17, 15) is 0 Å². The quantitative estimate of drug-likeness (QED) is 0.796. The number of hydrogen-bond donors (Lipinski definition) is 2. The molecule has 18 heavy (non-hydrogen) atoms. The number of H-pyrrole nitrogens is 1. The molecule has 0 aliphatic heterocycles. The summed E-state index contributed by atoms with van der Waals surface area (Å²) in [6.07, 6.45) is 4.65. The minimum atomic E-state index is 0.628. The summed E-state index contributed by atoms with van der Waals surface area (Å²) in [5, 5.41) is 6.74. The maximum Gasteiger partial charge on any atom is 0.142 e. The fraction of sp³-hybridized carbons (Fsp3) is 0.357. The summed E-state index contributed by atoms with van der Waals surface area (Å²) in [6.45, 7) is 5.04. The molecule has 0 fully saturated rings. The molecule has 0 aliphatic rings. The van der Waals surface area contributed by atoms with Crippen molar-refractivity contribution in [3.05, 3.63) is 30.6 Å². The molecule has 0 saturated carbocycles. The van der Waals surface area contributed by atoms with Gasteiger partial charge in [-0.2, -0.15) is 5.10 Å². The number of ether oxygens (including phenoxy) is 1. The van der Waals surface area contributed by atoms with E-state index < -0.39 is 0 Å². The lowest BCUT2D eigenvalue weighted by Crippen LogP contribution is -2.03. The van der Waals surface area contributed by atoms with Crippen LogP contribution in [0, 0.1) is 5.92 Å². The number of aromatic nitrogens is 2. The lowest BCUT2D eigenvalue weighted by atomic mass is 10.1. The van der Waals surface area contributed by atoms with Crippen molar-refractivity contribution in [2.24, 2.45) is 5.92 Å². The smallest absolute Gasteiger partial charge is 0.142 e. The van der Waals surface area contributed by atoms with Gasteiger partial charge in [0, 0.05) is 11.8 Å². The van der Waals surface area contributed by atoms with Crippen LogP contribution in [0.25, 0.3) is 11.1 Å². The largest absolute Gasteiger partial charge is 0.491 e. The Morgan fingerprint density at radius 1 is 1.33 bits per heavy atom. The first kappa shape index (κ1) is 12.5. The predicted molar refractivity (Wildman–Crippen MR) is 73.4 cm³/mol. The fourth-order valence-corrected chi connectivity index (χ4v) is 1.65. The zero-order valence-corrected chi connectivity index (χ0v) is 10.8. The van der Waals surface area contributed by atoms with Gasteiger partial charge in [0.1, 0.15) is 5.75 Å². The Morgan fingerprint density at radius 3 is 2.83 bits per heavy atom. The molecule has 2 rings (SSSR count). The highest BCUT2D eigenvalue weighted by Crippen LogP contribution is 2.28. The first-order valence-corrected chi connectivity index (χ1v) is 6.18. The van der Waals surface area contributed by atoms with Crippen molar-refractivity contribution in [2.75, 3.05) is 12.3 Å². The minimum Gasteiger partial charge on any atom is -0.491 e. The van der Waals surface area contributed by atoms with Crippen LogP contribution in [0.4, 0.5) is 5.69 Å². The first-order chi connectivity index (χ1) is 8.66. The van der Waals surface area contributed by atoms with E-state index in [4.69, 9.17) is 10.5 Å². The van der Waals surface area contributed by atoms with E-state index in [-0.39, 0.29) is 0 Å². The number of hydrogen-bond acceptors (Lipinski definition) is 3.